The van der Waals surface area contributed by atoms with Gasteiger partial charge in [-0.1, -0.05) is 164 Å². The summed E-state index contributed by atoms with van der Waals surface area (Å²) in [6.07, 6.45) is 0. The monoisotopic (exact) mass is 749 g/mol. The van der Waals surface area contributed by atoms with Crippen LogP contribution in [0.1, 0.15) is 0 Å². The van der Waals surface area contributed by atoms with Gasteiger partial charge >= 0.3 is 0 Å². The lowest BCUT2D eigenvalue weighted by atomic mass is 9.94. The quantitative estimate of drug-likeness (QED) is 0.170. The Hall–Kier alpha value is -6.79. The summed E-state index contributed by atoms with van der Waals surface area (Å²) in [5, 5.41) is 5.05. The van der Waals surface area contributed by atoms with Crippen molar-refractivity contribution >= 4 is 63.0 Å². The van der Waals surface area contributed by atoms with Crippen molar-refractivity contribution < 1.29 is 0 Å². The minimum Gasteiger partial charge on any atom is -0.208 e. The lowest BCUT2D eigenvalue weighted by Gasteiger charge is -2.14. The molecule has 8 aromatic carbocycles. The van der Waals surface area contributed by atoms with Gasteiger partial charge in [-0.3, -0.25) is 0 Å². The molecule has 11 rings (SSSR count). The van der Waals surface area contributed by atoms with Crippen LogP contribution in [-0.2, 0) is 0 Å². The summed E-state index contributed by atoms with van der Waals surface area (Å²) in [6, 6.07) is 66.7. The molecule has 3 heterocycles. The first kappa shape index (κ1) is 32.6. The van der Waals surface area contributed by atoms with Crippen molar-refractivity contribution in [3.05, 3.63) is 188 Å². The number of thiophene rings is 2. The molecule has 0 radical (unpaired) electrons. The second-order valence-electron chi connectivity index (χ2n) is 13.9. The van der Waals surface area contributed by atoms with Crippen molar-refractivity contribution in [3.63, 3.8) is 0 Å². The maximum atomic E-state index is 5.35. The summed E-state index contributed by atoms with van der Waals surface area (Å²) >= 11 is 3.64. The topological polar surface area (TPSA) is 38.7 Å². The molecule has 0 bridgehead atoms. The van der Waals surface area contributed by atoms with Crippen LogP contribution in [0, 0.1) is 0 Å². The molecule has 262 valence electrons. The molecule has 0 atom stereocenters. The van der Waals surface area contributed by atoms with Gasteiger partial charge < -0.3 is 0 Å². The molecule has 3 nitrogen and oxygen atoms in total. The Morgan fingerprint density at radius 2 is 0.732 bits per heavy atom. The van der Waals surface area contributed by atoms with Crippen molar-refractivity contribution in [1.82, 2.24) is 15.0 Å². The van der Waals surface area contributed by atoms with Gasteiger partial charge in [-0.15, -0.1) is 22.7 Å². The lowest BCUT2D eigenvalue weighted by molar-refractivity contribution is 1.08. The van der Waals surface area contributed by atoms with E-state index in [9.17, 15) is 0 Å². The number of fused-ring (bicyclic) bond motifs is 6. The van der Waals surface area contributed by atoms with E-state index in [0.717, 1.165) is 44.5 Å². The molecular weight excluding hydrogens is 719 g/mol. The summed E-state index contributed by atoms with van der Waals surface area (Å²) in [6.45, 7) is 0. The first-order chi connectivity index (χ1) is 27.7. The minimum absolute atomic E-state index is 0.638. The van der Waals surface area contributed by atoms with Crippen LogP contribution in [0.2, 0.25) is 0 Å². The van der Waals surface area contributed by atoms with Crippen LogP contribution in [0.4, 0.5) is 0 Å². The van der Waals surface area contributed by atoms with Gasteiger partial charge in [0.1, 0.15) is 0 Å². The van der Waals surface area contributed by atoms with Crippen LogP contribution < -0.4 is 0 Å². The highest BCUT2D eigenvalue weighted by Gasteiger charge is 2.20. The average molecular weight is 750 g/mol. The highest BCUT2D eigenvalue weighted by molar-refractivity contribution is 7.26. The molecule has 11 aromatic rings. The van der Waals surface area contributed by atoms with E-state index < -0.39 is 0 Å². The Morgan fingerprint density at radius 1 is 0.268 bits per heavy atom. The van der Waals surface area contributed by atoms with E-state index in [1.54, 1.807) is 11.3 Å². The standard InChI is InChI=1S/C51H31N3S2/c1-3-13-32(14-4-1)36-29-30-37(33-15-5-2-6-16-33)44(31-36)51-53-49(52-50(54-51)43-22-12-21-42-40-18-8-10-24-46(40)56-48(42)43)35-27-25-34(26-28-35)38-19-11-20-41-39-17-7-9-23-45(39)55-47(38)41/h1-31H. The van der Waals surface area contributed by atoms with Gasteiger partial charge in [-0.2, -0.15) is 0 Å². The number of aromatic nitrogens is 3. The van der Waals surface area contributed by atoms with E-state index in [4.69, 9.17) is 15.0 Å². The molecule has 0 N–H and O–H groups in total. The third-order valence-corrected chi connectivity index (χ3v) is 13.0. The van der Waals surface area contributed by atoms with Gasteiger partial charge in [0, 0.05) is 57.0 Å². The van der Waals surface area contributed by atoms with Crippen molar-refractivity contribution in [2.45, 2.75) is 0 Å². The van der Waals surface area contributed by atoms with Gasteiger partial charge in [0.2, 0.25) is 0 Å². The lowest BCUT2D eigenvalue weighted by Crippen LogP contribution is -2.01. The average Bonchev–Trinajstić information content (AvgIpc) is 3.86. The molecule has 56 heavy (non-hydrogen) atoms. The molecular formula is C51H31N3S2. The van der Waals surface area contributed by atoms with Crippen molar-refractivity contribution in [1.29, 1.82) is 0 Å². The molecule has 0 spiro atoms. The molecule has 0 unspecified atom stereocenters. The van der Waals surface area contributed by atoms with E-state index in [-0.39, 0.29) is 0 Å². The maximum absolute atomic E-state index is 5.35. The number of nitrogens with zero attached hydrogens (tertiary/aromatic N) is 3. The van der Waals surface area contributed by atoms with Gasteiger partial charge in [0.25, 0.3) is 0 Å². The number of hydrogen-bond donors (Lipinski definition) is 0. The van der Waals surface area contributed by atoms with Gasteiger partial charge in [0.15, 0.2) is 17.5 Å². The zero-order chi connectivity index (χ0) is 37.0. The van der Waals surface area contributed by atoms with Crippen LogP contribution in [0.25, 0.3) is 108 Å². The molecule has 0 saturated heterocycles. The van der Waals surface area contributed by atoms with Crippen LogP contribution >= 0.6 is 22.7 Å². The van der Waals surface area contributed by atoms with E-state index >= 15 is 0 Å². The molecule has 0 saturated carbocycles. The summed E-state index contributed by atoms with van der Waals surface area (Å²) in [4.78, 5) is 15.9. The minimum atomic E-state index is 0.638. The third kappa shape index (κ3) is 5.60. The summed E-state index contributed by atoms with van der Waals surface area (Å²) in [7, 11) is 0. The van der Waals surface area contributed by atoms with Gasteiger partial charge in [0.05, 0.1) is 0 Å². The van der Waals surface area contributed by atoms with Crippen molar-refractivity contribution in [3.8, 4) is 67.5 Å². The van der Waals surface area contributed by atoms with E-state index in [1.165, 1.54) is 45.9 Å². The van der Waals surface area contributed by atoms with E-state index in [0.29, 0.717) is 17.5 Å². The predicted octanol–water partition coefficient (Wildman–Crippen LogP) is 14.6. The first-order valence-electron chi connectivity index (χ1n) is 18.7. The zero-order valence-electron chi connectivity index (χ0n) is 30.1. The third-order valence-electron chi connectivity index (χ3n) is 10.6. The Balaban J connectivity index is 1.12. The summed E-state index contributed by atoms with van der Waals surface area (Å²) < 4.78 is 5.02. The van der Waals surface area contributed by atoms with Crippen LogP contribution in [0.15, 0.2) is 188 Å². The Morgan fingerprint density at radius 3 is 1.39 bits per heavy atom. The fourth-order valence-electron chi connectivity index (χ4n) is 7.85. The van der Waals surface area contributed by atoms with Crippen LogP contribution in [-0.4, -0.2) is 15.0 Å². The molecule has 3 aromatic heterocycles. The maximum Gasteiger partial charge on any atom is 0.165 e. The number of rotatable bonds is 6. The van der Waals surface area contributed by atoms with Crippen molar-refractivity contribution in [2.75, 3.05) is 0 Å². The largest absolute Gasteiger partial charge is 0.208 e. The molecule has 0 fully saturated rings. The van der Waals surface area contributed by atoms with Gasteiger partial charge in [-0.25, -0.2) is 15.0 Å². The zero-order valence-corrected chi connectivity index (χ0v) is 31.7. The Bertz CT molecular complexity index is 3240. The Labute approximate surface area is 331 Å². The normalized spacial score (nSPS) is 11.6. The number of benzene rings is 8. The fraction of sp³-hybridized carbons (Fsp3) is 0. The highest BCUT2D eigenvalue weighted by Crippen LogP contribution is 2.42. The molecule has 0 aliphatic carbocycles. The van der Waals surface area contributed by atoms with Crippen LogP contribution in [0.5, 0.6) is 0 Å². The highest BCUT2D eigenvalue weighted by atomic mass is 32.1. The second kappa shape index (κ2) is 13.5. The van der Waals surface area contributed by atoms with E-state index in [1.807, 2.05) is 11.3 Å². The van der Waals surface area contributed by atoms with Gasteiger partial charge in [-0.05, 0) is 57.6 Å². The second-order valence-corrected chi connectivity index (χ2v) is 16.0. The molecule has 0 amide bonds. The fourth-order valence-corrected chi connectivity index (χ4v) is 10.3. The summed E-state index contributed by atoms with van der Waals surface area (Å²) in [5.41, 5.74) is 9.72. The van der Waals surface area contributed by atoms with E-state index in [2.05, 4.69) is 188 Å². The molecule has 0 aliphatic heterocycles. The SMILES string of the molecule is c1ccc(-c2ccc(-c3ccccc3)c(-c3nc(-c4ccc(-c5cccc6c5sc5ccccc56)cc4)nc(-c4cccc5c4sc4ccccc45)n3)c2)cc1. The summed E-state index contributed by atoms with van der Waals surface area (Å²) in [5.74, 6) is 1.93. The van der Waals surface area contributed by atoms with Crippen LogP contribution in [0.3, 0.4) is 0 Å². The molecule has 0 aliphatic rings. The van der Waals surface area contributed by atoms with Crippen molar-refractivity contribution in [2.24, 2.45) is 0 Å². The first-order valence-corrected chi connectivity index (χ1v) is 20.3. The predicted molar refractivity (Wildman–Crippen MR) is 238 cm³/mol. The Kier molecular flexibility index (Phi) is 7.87. The molecule has 5 heteroatoms. The smallest absolute Gasteiger partial charge is 0.165 e. The number of hydrogen-bond acceptors (Lipinski definition) is 5.